The van der Waals surface area contributed by atoms with E-state index >= 15 is 0 Å². The molecule has 1 aromatic rings. The molecule has 6 heteroatoms. The average molecular weight is 363 g/mol. The molecule has 2 amide bonds. The van der Waals surface area contributed by atoms with Crippen molar-refractivity contribution < 1.29 is 9.59 Å². The van der Waals surface area contributed by atoms with Gasteiger partial charge < -0.3 is 10.2 Å². The van der Waals surface area contributed by atoms with Crippen LogP contribution >= 0.6 is 11.6 Å². The quantitative estimate of drug-likeness (QED) is 0.564. The van der Waals surface area contributed by atoms with Crippen molar-refractivity contribution >= 4 is 37.2 Å². The molecule has 1 aromatic carbocycles. The molecule has 1 heterocycles. The fraction of sp³-hybridized carbons (Fsp3) is 0.444. The second-order valence-corrected chi connectivity index (χ2v) is 13.2. The minimum atomic E-state index is -1.60. The van der Waals surface area contributed by atoms with Gasteiger partial charge in [-0.05, 0) is 32.9 Å². The Hall–Kier alpha value is -1.77. The van der Waals surface area contributed by atoms with E-state index in [9.17, 15) is 9.59 Å². The Balaban J connectivity index is 2.65. The first-order chi connectivity index (χ1) is 10.9. The fourth-order valence-electron chi connectivity index (χ4n) is 2.35. The largest absolute Gasteiger partial charge is 0.324 e. The summed E-state index contributed by atoms with van der Waals surface area (Å²) >= 11 is 6.21. The highest BCUT2D eigenvalue weighted by Crippen LogP contribution is 2.31. The molecule has 24 heavy (non-hydrogen) atoms. The number of anilines is 1. The van der Waals surface area contributed by atoms with Crippen LogP contribution in [0.25, 0.3) is 0 Å². The Morgan fingerprint density at radius 3 is 2.38 bits per heavy atom. The number of carbonyl (C=O) groups is 2. The summed E-state index contributed by atoms with van der Waals surface area (Å²) in [5.41, 5.74) is 4.24. The smallest absolute Gasteiger partial charge is 0.256 e. The second-order valence-electron chi connectivity index (χ2n) is 7.99. The molecule has 0 aromatic heterocycles. The minimum absolute atomic E-state index is 0.00945. The van der Waals surface area contributed by atoms with Crippen LogP contribution in [0.3, 0.4) is 0 Å². The van der Waals surface area contributed by atoms with Crippen LogP contribution in [0, 0.1) is 11.5 Å². The predicted molar refractivity (Wildman–Crippen MR) is 101 cm³/mol. The van der Waals surface area contributed by atoms with Gasteiger partial charge >= 0.3 is 0 Å². The normalized spacial score (nSPS) is 15.2. The van der Waals surface area contributed by atoms with Crippen molar-refractivity contribution in [2.45, 2.75) is 46.0 Å². The third-order valence-electron chi connectivity index (χ3n) is 3.53. The van der Waals surface area contributed by atoms with Crippen molar-refractivity contribution in [3.05, 3.63) is 28.3 Å². The van der Waals surface area contributed by atoms with Gasteiger partial charge in [-0.15, -0.1) is 5.54 Å². The molecule has 1 N–H and O–H groups in total. The Morgan fingerprint density at radius 1 is 1.21 bits per heavy atom. The number of carbonyl (C=O) groups excluding carboxylic acids is 2. The van der Waals surface area contributed by atoms with Crippen molar-refractivity contribution in [2.24, 2.45) is 0 Å². The summed E-state index contributed by atoms with van der Waals surface area (Å²) in [7, 11) is -1.60. The van der Waals surface area contributed by atoms with E-state index in [1.807, 2.05) is 20.8 Å². The van der Waals surface area contributed by atoms with Gasteiger partial charge in [-0.25, -0.2) is 0 Å². The van der Waals surface area contributed by atoms with E-state index in [4.69, 9.17) is 11.6 Å². The van der Waals surface area contributed by atoms with E-state index in [1.54, 1.807) is 17.0 Å². The van der Waals surface area contributed by atoms with E-state index < -0.39 is 13.6 Å². The SMILES string of the molecule is CC(C)(C)N1CC(=O)Nc2c(C#C[Si](C)(C)C)cc(Cl)cc2C1=O. The van der Waals surface area contributed by atoms with Crippen LogP contribution in [-0.4, -0.2) is 36.9 Å². The molecule has 128 valence electrons. The number of fused-ring (bicyclic) bond motifs is 1. The maximum Gasteiger partial charge on any atom is 0.256 e. The van der Waals surface area contributed by atoms with Gasteiger partial charge in [0.05, 0.1) is 11.3 Å². The van der Waals surface area contributed by atoms with Gasteiger partial charge in [-0.3, -0.25) is 9.59 Å². The van der Waals surface area contributed by atoms with Crippen molar-refractivity contribution in [3.63, 3.8) is 0 Å². The molecule has 0 aliphatic carbocycles. The topological polar surface area (TPSA) is 49.4 Å². The Morgan fingerprint density at radius 2 is 1.83 bits per heavy atom. The van der Waals surface area contributed by atoms with Crippen LogP contribution in [0.5, 0.6) is 0 Å². The molecule has 0 unspecified atom stereocenters. The van der Waals surface area contributed by atoms with Gasteiger partial charge in [-0.2, -0.15) is 0 Å². The van der Waals surface area contributed by atoms with Gasteiger partial charge in [0.25, 0.3) is 5.91 Å². The number of amides is 2. The molecule has 0 saturated heterocycles. The zero-order valence-corrected chi connectivity index (χ0v) is 16.8. The van der Waals surface area contributed by atoms with Crippen molar-refractivity contribution in [3.8, 4) is 11.5 Å². The standard InChI is InChI=1S/C18H23ClN2O2Si/c1-18(2,3)21-11-15(22)20-16-12(7-8-24(4,5)6)9-13(19)10-14(16)17(21)23/h9-10H,11H2,1-6H3,(H,20,22). The Labute approximate surface area is 149 Å². The van der Waals surface area contributed by atoms with Crippen LogP contribution in [0.1, 0.15) is 36.7 Å². The van der Waals surface area contributed by atoms with E-state index in [-0.39, 0.29) is 18.4 Å². The van der Waals surface area contributed by atoms with Gasteiger partial charge in [0.2, 0.25) is 5.91 Å². The number of benzene rings is 1. The first kappa shape index (κ1) is 18.6. The molecule has 0 radical (unpaired) electrons. The molecule has 0 atom stereocenters. The lowest BCUT2D eigenvalue weighted by molar-refractivity contribution is -0.117. The highest BCUT2D eigenvalue weighted by Gasteiger charge is 2.34. The lowest BCUT2D eigenvalue weighted by Crippen LogP contribution is -2.47. The van der Waals surface area contributed by atoms with Crippen LogP contribution in [0.15, 0.2) is 12.1 Å². The molecule has 0 bridgehead atoms. The molecule has 0 spiro atoms. The first-order valence-electron chi connectivity index (χ1n) is 7.87. The summed E-state index contributed by atoms with van der Waals surface area (Å²) in [5.74, 6) is 2.68. The fourth-order valence-corrected chi connectivity index (χ4v) is 3.07. The number of nitrogens with one attached hydrogen (secondary N) is 1. The Bertz CT molecular complexity index is 764. The third-order valence-corrected chi connectivity index (χ3v) is 4.62. The van der Waals surface area contributed by atoms with E-state index in [2.05, 4.69) is 36.4 Å². The predicted octanol–water partition coefficient (Wildman–Crippen LogP) is 3.76. The van der Waals surface area contributed by atoms with E-state index in [0.29, 0.717) is 21.8 Å². The summed E-state index contributed by atoms with van der Waals surface area (Å²) in [6.07, 6.45) is 0. The molecule has 1 aliphatic heterocycles. The highest BCUT2D eigenvalue weighted by atomic mass is 35.5. The molecule has 2 rings (SSSR count). The van der Waals surface area contributed by atoms with Gasteiger partial charge in [0, 0.05) is 16.1 Å². The number of hydrogen-bond acceptors (Lipinski definition) is 2. The number of halogens is 1. The summed E-state index contributed by atoms with van der Waals surface area (Å²) < 4.78 is 0. The van der Waals surface area contributed by atoms with Crippen LogP contribution in [0.2, 0.25) is 24.7 Å². The monoisotopic (exact) mass is 362 g/mol. The second kappa shape index (κ2) is 6.27. The van der Waals surface area contributed by atoms with Gasteiger partial charge in [0.15, 0.2) is 0 Å². The number of nitrogens with zero attached hydrogens (tertiary/aromatic N) is 1. The van der Waals surface area contributed by atoms with Crippen molar-refractivity contribution in [1.29, 1.82) is 0 Å². The summed E-state index contributed by atoms with van der Waals surface area (Å²) in [6, 6.07) is 3.30. The highest BCUT2D eigenvalue weighted by molar-refractivity contribution is 6.83. The van der Waals surface area contributed by atoms with E-state index in [0.717, 1.165) is 0 Å². The van der Waals surface area contributed by atoms with Gasteiger partial charge in [0.1, 0.15) is 14.6 Å². The average Bonchev–Trinajstić information content (AvgIpc) is 2.53. The number of hydrogen-bond donors (Lipinski definition) is 1. The molecular formula is C18H23ClN2O2Si. The third kappa shape index (κ3) is 4.19. The summed E-state index contributed by atoms with van der Waals surface area (Å²) in [6.45, 7) is 12.1. The lowest BCUT2D eigenvalue weighted by atomic mass is 10.0. The molecule has 0 saturated carbocycles. The molecular weight excluding hydrogens is 340 g/mol. The first-order valence-corrected chi connectivity index (χ1v) is 11.7. The van der Waals surface area contributed by atoms with Gasteiger partial charge in [-0.1, -0.05) is 37.2 Å². The van der Waals surface area contributed by atoms with Crippen molar-refractivity contribution in [1.82, 2.24) is 4.90 Å². The summed E-state index contributed by atoms with van der Waals surface area (Å²) in [4.78, 5) is 26.8. The maximum absolute atomic E-state index is 13.0. The zero-order chi connectivity index (χ0) is 18.3. The van der Waals surface area contributed by atoms with E-state index in [1.165, 1.54) is 0 Å². The maximum atomic E-state index is 13.0. The minimum Gasteiger partial charge on any atom is -0.324 e. The Kier molecular flexibility index (Phi) is 4.85. The van der Waals surface area contributed by atoms with Crippen LogP contribution in [-0.2, 0) is 4.79 Å². The van der Waals surface area contributed by atoms with Crippen LogP contribution < -0.4 is 5.32 Å². The number of rotatable bonds is 0. The zero-order valence-electron chi connectivity index (χ0n) is 15.0. The van der Waals surface area contributed by atoms with Crippen molar-refractivity contribution in [2.75, 3.05) is 11.9 Å². The molecule has 4 nitrogen and oxygen atoms in total. The summed E-state index contributed by atoms with van der Waals surface area (Å²) in [5, 5.41) is 3.28. The van der Waals surface area contributed by atoms with Crippen LogP contribution in [0.4, 0.5) is 5.69 Å². The molecule has 0 fully saturated rings. The molecule has 1 aliphatic rings. The lowest BCUT2D eigenvalue weighted by Gasteiger charge is -2.33.